The summed E-state index contributed by atoms with van der Waals surface area (Å²) in [6.45, 7) is 3.75. The SMILES string of the molecule is CCN1C(C)=CC(=O)CS1(=O)=O. The van der Waals surface area contributed by atoms with Crippen LogP contribution in [0.15, 0.2) is 11.8 Å². The van der Waals surface area contributed by atoms with Gasteiger partial charge in [-0.05, 0) is 13.8 Å². The van der Waals surface area contributed by atoms with Gasteiger partial charge in [0.15, 0.2) is 5.78 Å². The van der Waals surface area contributed by atoms with Gasteiger partial charge in [0.25, 0.3) is 0 Å². The summed E-state index contributed by atoms with van der Waals surface area (Å²) in [6, 6.07) is 0. The molecule has 0 spiro atoms. The van der Waals surface area contributed by atoms with E-state index in [0.717, 1.165) is 0 Å². The maximum absolute atomic E-state index is 11.3. The van der Waals surface area contributed by atoms with Crippen molar-refractivity contribution >= 4 is 15.8 Å². The number of nitrogens with zero attached hydrogens (tertiary/aromatic N) is 1. The van der Waals surface area contributed by atoms with E-state index in [1.165, 1.54) is 10.4 Å². The van der Waals surface area contributed by atoms with E-state index in [4.69, 9.17) is 0 Å². The maximum atomic E-state index is 11.3. The van der Waals surface area contributed by atoms with Gasteiger partial charge in [-0.1, -0.05) is 0 Å². The first-order valence-electron chi connectivity index (χ1n) is 3.69. The third-order valence-electron chi connectivity index (χ3n) is 1.71. The summed E-state index contributed by atoms with van der Waals surface area (Å²) in [5.41, 5.74) is 0.508. The Morgan fingerprint density at radius 1 is 1.58 bits per heavy atom. The molecule has 0 saturated carbocycles. The van der Waals surface area contributed by atoms with Gasteiger partial charge >= 0.3 is 0 Å². The fraction of sp³-hybridized carbons (Fsp3) is 0.571. The number of carbonyl (C=O) groups excluding carboxylic acids is 1. The van der Waals surface area contributed by atoms with E-state index in [9.17, 15) is 13.2 Å². The molecule has 1 rings (SSSR count). The summed E-state index contributed by atoms with van der Waals surface area (Å²) >= 11 is 0. The Balaban J connectivity index is 3.14. The summed E-state index contributed by atoms with van der Waals surface area (Å²) in [6.07, 6.45) is 1.37. The van der Waals surface area contributed by atoms with E-state index < -0.39 is 15.8 Å². The van der Waals surface area contributed by atoms with Crippen LogP contribution in [0.4, 0.5) is 0 Å². The largest absolute Gasteiger partial charge is 0.294 e. The van der Waals surface area contributed by atoms with E-state index in [2.05, 4.69) is 0 Å². The molecule has 0 saturated heterocycles. The topological polar surface area (TPSA) is 54.5 Å². The molecule has 0 radical (unpaired) electrons. The summed E-state index contributed by atoms with van der Waals surface area (Å²) in [5.74, 6) is -0.727. The third kappa shape index (κ3) is 1.50. The van der Waals surface area contributed by atoms with E-state index in [-0.39, 0.29) is 5.78 Å². The predicted molar refractivity (Wildman–Crippen MR) is 44.9 cm³/mol. The van der Waals surface area contributed by atoms with Gasteiger partial charge in [0.05, 0.1) is 0 Å². The Hall–Kier alpha value is -0.840. The summed E-state index contributed by atoms with van der Waals surface area (Å²) in [5, 5.41) is 0. The smallest absolute Gasteiger partial charge is 0.242 e. The van der Waals surface area contributed by atoms with E-state index in [0.29, 0.717) is 12.2 Å². The van der Waals surface area contributed by atoms with Crippen LogP contribution in [-0.4, -0.2) is 30.8 Å². The third-order valence-corrected chi connectivity index (χ3v) is 3.58. The molecule has 0 aromatic carbocycles. The molecule has 0 fully saturated rings. The lowest BCUT2D eigenvalue weighted by molar-refractivity contribution is -0.112. The van der Waals surface area contributed by atoms with Crippen LogP contribution in [0.2, 0.25) is 0 Å². The van der Waals surface area contributed by atoms with Crippen molar-refractivity contribution in [3.8, 4) is 0 Å². The second-order valence-electron chi connectivity index (χ2n) is 2.67. The second-order valence-corrected chi connectivity index (χ2v) is 4.57. The molecule has 0 aromatic rings. The van der Waals surface area contributed by atoms with Gasteiger partial charge < -0.3 is 0 Å². The fourth-order valence-electron chi connectivity index (χ4n) is 1.27. The van der Waals surface area contributed by atoms with Crippen molar-refractivity contribution in [2.75, 3.05) is 12.3 Å². The summed E-state index contributed by atoms with van der Waals surface area (Å²) < 4.78 is 23.8. The molecule has 0 aromatic heterocycles. The van der Waals surface area contributed by atoms with Gasteiger partial charge in [-0.2, -0.15) is 0 Å². The molecule has 0 bridgehead atoms. The quantitative estimate of drug-likeness (QED) is 0.589. The van der Waals surface area contributed by atoms with E-state index in [1.807, 2.05) is 0 Å². The van der Waals surface area contributed by atoms with E-state index >= 15 is 0 Å². The molecule has 12 heavy (non-hydrogen) atoms. The van der Waals surface area contributed by atoms with Gasteiger partial charge in [-0.3, -0.25) is 9.10 Å². The second kappa shape index (κ2) is 2.90. The molecular weight excluding hydrogens is 178 g/mol. The monoisotopic (exact) mass is 189 g/mol. The minimum Gasteiger partial charge on any atom is -0.294 e. The van der Waals surface area contributed by atoms with Gasteiger partial charge in [-0.25, -0.2) is 8.42 Å². The van der Waals surface area contributed by atoms with Crippen LogP contribution in [0, 0.1) is 0 Å². The molecule has 1 heterocycles. The minimum atomic E-state index is -3.36. The molecule has 4 nitrogen and oxygen atoms in total. The molecule has 0 N–H and O–H groups in total. The lowest BCUT2D eigenvalue weighted by Gasteiger charge is -2.25. The molecular formula is C7H11NO3S. The predicted octanol–water partition coefficient (Wildman–Crippen LogP) is 0.125. The molecule has 0 unspecified atom stereocenters. The number of hydrogen-bond acceptors (Lipinski definition) is 3. The Morgan fingerprint density at radius 2 is 2.17 bits per heavy atom. The number of hydrogen-bond donors (Lipinski definition) is 0. The van der Waals surface area contributed by atoms with Gasteiger partial charge in [-0.15, -0.1) is 0 Å². The zero-order chi connectivity index (χ0) is 9.35. The highest BCUT2D eigenvalue weighted by atomic mass is 32.2. The highest BCUT2D eigenvalue weighted by molar-refractivity contribution is 7.90. The van der Waals surface area contributed by atoms with Crippen molar-refractivity contribution in [3.63, 3.8) is 0 Å². The van der Waals surface area contributed by atoms with Crippen LogP contribution in [-0.2, 0) is 14.8 Å². The molecule has 1 aliphatic heterocycles. The molecule has 5 heteroatoms. The molecule has 68 valence electrons. The average molecular weight is 189 g/mol. The maximum Gasteiger partial charge on any atom is 0.242 e. The lowest BCUT2D eigenvalue weighted by atomic mass is 10.3. The molecule has 0 atom stereocenters. The van der Waals surface area contributed by atoms with Crippen molar-refractivity contribution < 1.29 is 13.2 Å². The van der Waals surface area contributed by atoms with Gasteiger partial charge in [0, 0.05) is 18.3 Å². The van der Waals surface area contributed by atoms with Crippen molar-refractivity contribution in [2.45, 2.75) is 13.8 Å². The van der Waals surface area contributed by atoms with Crippen molar-refractivity contribution in [3.05, 3.63) is 11.8 Å². The normalized spacial score (nSPS) is 22.3. The standard InChI is InChI=1S/C7H11NO3S/c1-3-8-6(2)4-7(9)5-12(8,10)11/h4H,3,5H2,1-2H3. The number of allylic oxidation sites excluding steroid dienone is 2. The molecule has 0 aliphatic carbocycles. The van der Waals surface area contributed by atoms with Gasteiger partial charge in [0.2, 0.25) is 10.0 Å². The van der Waals surface area contributed by atoms with Crippen molar-refractivity contribution in [1.82, 2.24) is 4.31 Å². The Kier molecular flexibility index (Phi) is 2.23. The zero-order valence-electron chi connectivity index (χ0n) is 7.07. The average Bonchev–Trinajstić information content (AvgIpc) is 1.82. The first-order valence-corrected chi connectivity index (χ1v) is 5.30. The highest BCUT2D eigenvalue weighted by Gasteiger charge is 2.27. The Morgan fingerprint density at radius 3 is 2.58 bits per heavy atom. The van der Waals surface area contributed by atoms with Crippen LogP contribution in [0.3, 0.4) is 0 Å². The Bertz CT molecular complexity index is 329. The number of carbonyl (C=O) groups is 1. The van der Waals surface area contributed by atoms with Crippen molar-refractivity contribution in [2.24, 2.45) is 0 Å². The number of rotatable bonds is 1. The van der Waals surface area contributed by atoms with Crippen molar-refractivity contribution in [1.29, 1.82) is 0 Å². The fourth-order valence-corrected chi connectivity index (χ4v) is 2.75. The van der Waals surface area contributed by atoms with E-state index in [1.54, 1.807) is 13.8 Å². The molecule has 1 aliphatic rings. The number of ketones is 1. The van der Waals surface area contributed by atoms with Crippen LogP contribution < -0.4 is 0 Å². The minimum absolute atomic E-state index is 0.336. The van der Waals surface area contributed by atoms with Crippen LogP contribution in [0.5, 0.6) is 0 Å². The van der Waals surface area contributed by atoms with Crippen LogP contribution in [0.1, 0.15) is 13.8 Å². The number of sulfonamides is 1. The highest BCUT2D eigenvalue weighted by Crippen LogP contribution is 2.15. The lowest BCUT2D eigenvalue weighted by Crippen LogP contribution is -2.37. The zero-order valence-corrected chi connectivity index (χ0v) is 7.89. The molecule has 0 amide bonds. The Labute approximate surface area is 71.9 Å². The first kappa shape index (κ1) is 9.25. The van der Waals surface area contributed by atoms with Crippen LogP contribution in [0.25, 0.3) is 0 Å². The summed E-state index contributed by atoms with van der Waals surface area (Å²) in [4.78, 5) is 10.9. The first-order chi connectivity index (χ1) is 5.47. The summed E-state index contributed by atoms with van der Waals surface area (Å²) in [7, 11) is -3.36. The van der Waals surface area contributed by atoms with Gasteiger partial charge in [0.1, 0.15) is 5.75 Å². The van der Waals surface area contributed by atoms with Crippen LogP contribution >= 0.6 is 0 Å².